The molecule has 2 heterocycles. The fraction of sp³-hybridized carbons (Fsp3) is 0.190. The summed E-state index contributed by atoms with van der Waals surface area (Å²) >= 11 is 1.32. The van der Waals surface area contributed by atoms with Crippen molar-refractivity contribution in [1.82, 2.24) is 14.8 Å². The second kappa shape index (κ2) is 8.00. The number of fused-ring (bicyclic) bond motifs is 1. The van der Waals surface area contributed by atoms with Crippen molar-refractivity contribution in [1.29, 1.82) is 0 Å². The number of rotatable bonds is 7. The van der Waals surface area contributed by atoms with Crippen LogP contribution in [0.1, 0.15) is 10.4 Å². The van der Waals surface area contributed by atoms with Crippen LogP contribution in [-0.4, -0.2) is 40.5 Å². The molecule has 0 aliphatic rings. The molecule has 0 radical (unpaired) electrons. The molecule has 0 aliphatic heterocycles. The second-order valence-corrected chi connectivity index (χ2v) is 7.24. The molecule has 0 fully saturated rings. The Morgan fingerprint density at radius 1 is 1.07 bits per heavy atom. The summed E-state index contributed by atoms with van der Waals surface area (Å²) in [5, 5.41) is 10.1. The number of carbonyl (C=O) groups excluding carboxylic acids is 1. The number of aromatic nitrogens is 3. The van der Waals surface area contributed by atoms with Crippen molar-refractivity contribution in [2.45, 2.75) is 5.16 Å². The molecule has 2 aromatic carbocycles. The number of thioether (sulfide) groups is 1. The Bertz CT molecular complexity index is 1150. The van der Waals surface area contributed by atoms with Gasteiger partial charge in [0.1, 0.15) is 5.58 Å². The molecule has 4 aromatic rings. The van der Waals surface area contributed by atoms with Crippen LogP contribution < -0.4 is 9.47 Å². The summed E-state index contributed by atoms with van der Waals surface area (Å²) in [6.45, 7) is 0. The smallest absolute Gasteiger partial charge is 0.200 e. The third-order valence-electron chi connectivity index (χ3n) is 4.52. The number of furan rings is 1. The summed E-state index contributed by atoms with van der Waals surface area (Å²) in [6.07, 6.45) is 0. The molecule has 0 aliphatic carbocycles. The van der Waals surface area contributed by atoms with E-state index in [2.05, 4.69) is 10.2 Å². The lowest BCUT2D eigenvalue weighted by molar-refractivity contribution is 0.102. The van der Waals surface area contributed by atoms with Crippen molar-refractivity contribution in [2.75, 3.05) is 20.0 Å². The second-order valence-electron chi connectivity index (χ2n) is 6.30. The number of hydrogen-bond donors (Lipinski definition) is 0. The van der Waals surface area contributed by atoms with Crippen LogP contribution in [0.15, 0.2) is 58.1 Å². The van der Waals surface area contributed by atoms with Gasteiger partial charge in [0.25, 0.3) is 0 Å². The zero-order valence-electron chi connectivity index (χ0n) is 16.2. The van der Waals surface area contributed by atoms with Crippen LogP contribution in [0.2, 0.25) is 0 Å². The summed E-state index contributed by atoms with van der Waals surface area (Å²) in [6, 6.07) is 14.8. The Balaban J connectivity index is 1.50. The van der Waals surface area contributed by atoms with E-state index in [1.54, 1.807) is 32.4 Å². The average molecular weight is 409 g/mol. The highest BCUT2D eigenvalue weighted by Gasteiger charge is 2.17. The average Bonchev–Trinajstić information content (AvgIpc) is 3.34. The fourth-order valence-corrected chi connectivity index (χ4v) is 3.78. The molecule has 0 N–H and O–H groups in total. The molecule has 29 heavy (non-hydrogen) atoms. The SMILES string of the molecule is COc1ccc(C(=O)CSc2nnc(-c3cc4ccccc4o3)n2C)cc1OC. The molecule has 8 heteroatoms. The zero-order valence-corrected chi connectivity index (χ0v) is 17.0. The number of ketones is 1. The van der Waals surface area contributed by atoms with Gasteiger partial charge < -0.3 is 18.5 Å². The summed E-state index contributed by atoms with van der Waals surface area (Å²) in [5.74, 6) is 2.54. The van der Waals surface area contributed by atoms with E-state index in [-0.39, 0.29) is 11.5 Å². The number of benzene rings is 2. The van der Waals surface area contributed by atoms with Crippen LogP contribution in [-0.2, 0) is 7.05 Å². The van der Waals surface area contributed by atoms with Gasteiger partial charge in [0.2, 0.25) is 0 Å². The molecule has 0 amide bonds. The normalized spacial score (nSPS) is 11.0. The van der Waals surface area contributed by atoms with E-state index in [1.165, 1.54) is 11.8 Å². The Morgan fingerprint density at radius 2 is 1.86 bits per heavy atom. The minimum atomic E-state index is -0.0377. The molecule has 148 valence electrons. The number of Topliss-reactive ketones (excluding diaryl/α,β-unsaturated/α-hetero) is 1. The zero-order chi connectivity index (χ0) is 20.4. The first-order valence-electron chi connectivity index (χ1n) is 8.87. The van der Waals surface area contributed by atoms with Crippen LogP contribution in [0.4, 0.5) is 0 Å². The van der Waals surface area contributed by atoms with E-state index in [9.17, 15) is 4.79 Å². The third kappa shape index (κ3) is 3.71. The number of ether oxygens (including phenoxy) is 2. The van der Waals surface area contributed by atoms with E-state index in [4.69, 9.17) is 13.9 Å². The summed E-state index contributed by atoms with van der Waals surface area (Å²) in [7, 11) is 4.95. The third-order valence-corrected chi connectivity index (χ3v) is 5.54. The quantitative estimate of drug-likeness (QED) is 0.334. The summed E-state index contributed by atoms with van der Waals surface area (Å²) < 4.78 is 18.2. The van der Waals surface area contributed by atoms with Gasteiger partial charge in [-0.05, 0) is 30.3 Å². The lowest BCUT2D eigenvalue weighted by atomic mass is 10.1. The van der Waals surface area contributed by atoms with E-state index in [0.29, 0.717) is 33.8 Å². The van der Waals surface area contributed by atoms with Gasteiger partial charge in [-0.15, -0.1) is 10.2 Å². The van der Waals surface area contributed by atoms with Gasteiger partial charge in [0.15, 0.2) is 34.0 Å². The number of nitrogens with zero attached hydrogens (tertiary/aromatic N) is 3. The van der Waals surface area contributed by atoms with E-state index >= 15 is 0 Å². The van der Waals surface area contributed by atoms with Crippen LogP contribution >= 0.6 is 11.8 Å². The van der Waals surface area contributed by atoms with Crippen molar-refractivity contribution in [3.05, 3.63) is 54.1 Å². The lowest BCUT2D eigenvalue weighted by Gasteiger charge is -2.09. The number of methoxy groups -OCH3 is 2. The summed E-state index contributed by atoms with van der Waals surface area (Å²) in [5.41, 5.74) is 1.35. The topological polar surface area (TPSA) is 79.4 Å². The van der Waals surface area contributed by atoms with Crippen LogP contribution in [0, 0.1) is 0 Å². The fourth-order valence-electron chi connectivity index (χ4n) is 2.97. The molecular weight excluding hydrogens is 390 g/mol. The first-order valence-corrected chi connectivity index (χ1v) is 9.85. The van der Waals surface area contributed by atoms with Crippen LogP contribution in [0.5, 0.6) is 11.5 Å². The molecule has 0 spiro atoms. The van der Waals surface area contributed by atoms with Gasteiger partial charge in [-0.1, -0.05) is 30.0 Å². The summed E-state index contributed by atoms with van der Waals surface area (Å²) in [4.78, 5) is 12.6. The molecule has 4 rings (SSSR count). The first-order chi connectivity index (χ1) is 14.1. The van der Waals surface area contributed by atoms with Crippen LogP contribution in [0.25, 0.3) is 22.6 Å². The molecule has 0 saturated carbocycles. The van der Waals surface area contributed by atoms with Gasteiger partial charge in [-0.25, -0.2) is 0 Å². The first kappa shape index (κ1) is 19.1. The molecule has 0 bridgehead atoms. The maximum Gasteiger partial charge on any atom is 0.200 e. The maximum atomic E-state index is 12.6. The number of para-hydroxylation sites is 1. The molecule has 2 aromatic heterocycles. The Kier molecular flexibility index (Phi) is 5.26. The predicted molar refractivity (Wildman–Crippen MR) is 111 cm³/mol. The van der Waals surface area contributed by atoms with E-state index in [0.717, 1.165) is 11.0 Å². The standard InChI is InChI=1S/C21H19N3O4S/c1-24-20(19-11-14-6-4-5-7-16(14)28-19)22-23-21(24)29-12-15(25)13-8-9-17(26-2)18(10-13)27-3/h4-11H,12H2,1-3H3. The molecule has 0 atom stereocenters. The van der Waals surface area contributed by atoms with E-state index in [1.807, 2.05) is 41.9 Å². The van der Waals surface area contributed by atoms with Gasteiger partial charge in [-0.3, -0.25) is 4.79 Å². The van der Waals surface area contributed by atoms with Crippen molar-refractivity contribution >= 4 is 28.5 Å². The molecular formula is C21H19N3O4S. The largest absolute Gasteiger partial charge is 0.493 e. The van der Waals surface area contributed by atoms with Gasteiger partial charge in [0.05, 0.1) is 20.0 Å². The Labute approximate surface area is 171 Å². The monoisotopic (exact) mass is 409 g/mol. The lowest BCUT2D eigenvalue weighted by Crippen LogP contribution is -2.05. The molecule has 0 saturated heterocycles. The minimum Gasteiger partial charge on any atom is -0.493 e. The number of carbonyl (C=O) groups is 1. The molecule has 7 nitrogen and oxygen atoms in total. The highest BCUT2D eigenvalue weighted by atomic mass is 32.2. The van der Waals surface area contributed by atoms with Crippen LogP contribution in [0.3, 0.4) is 0 Å². The Morgan fingerprint density at radius 3 is 2.62 bits per heavy atom. The number of hydrogen-bond acceptors (Lipinski definition) is 7. The highest BCUT2D eigenvalue weighted by molar-refractivity contribution is 7.99. The van der Waals surface area contributed by atoms with Gasteiger partial charge >= 0.3 is 0 Å². The minimum absolute atomic E-state index is 0.0377. The van der Waals surface area contributed by atoms with Crippen molar-refractivity contribution < 1.29 is 18.7 Å². The maximum absolute atomic E-state index is 12.6. The predicted octanol–water partition coefficient (Wildman–Crippen LogP) is 4.22. The van der Waals surface area contributed by atoms with Gasteiger partial charge in [0, 0.05) is 18.0 Å². The van der Waals surface area contributed by atoms with Gasteiger partial charge in [-0.2, -0.15) is 0 Å². The molecule has 0 unspecified atom stereocenters. The van der Waals surface area contributed by atoms with Crippen molar-refractivity contribution in [3.63, 3.8) is 0 Å². The van der Waals surface area contributed by atoms with E-state index < -0.39 is 0 Å². The van der Waals surface area contributed by atoms with Crippen molar-refractivity contribution in [2.24, 2.45) is 7.05 Å². The Hall–Kier alpha value is -3.26. The highest BCUT2D eigenvalue weighted by Crippen LogP contribution is 2.30. The van der Waals surface area contributed by atoms with Crippen molar-refractivity contribution in [3.8, 4) is 23.1 Å².